The summed E-state index contributed by atoms with van der Waals surface area (Å²) in [4.78, 5) is 0.530. The molecule has 110 valence electrons. The summed E-state index contributed by atoms with van der Waals surface area (Å²) in [6.07, 6.45) is 3.16. The average Bonchev–Trinajstić information content (AvgIpc) is 2.74. The van der Waals surface area contributed by atoms with Gasteiger partial charge in [-0.05, 0) is 42.7 Å². The Balaban J connectivity index is 1.86. The van der Waals surface area contributed by atoms with Crippen molar-refractivity contribution < 1.29 is 8.42 Å². The van der Waals surface area contributed by atoms with Gasteiger partial charge in [-0.2, -0.15) is 0 Å². The zero-order valence-corrected chi connectivity index (χ0v) is 13.0. The van der Waals surface area contributed by atoms with Gasteiger partial charge in [0, 0.05) is 12.1 Å². The van der Waals surface area contributed by atoms with E-state index in [0.29, 0.717) is 23.3 Å². The number of sulfone groups is 1. The highest BCUT2D eigenvalue weighted by molar-refractivity contribution is 7.91. The van der Waals surface area contributed by atoms with Crippen molar-refractivity contribution in [3.05, 3.63) is 29.8 Å². The molecule has 0 spiro atoms. The molecule has 1 N–H and O–H groups in total. The Hall–Kier alpha value is -0.870. The van der Waals surface area contributed by atoms with E-state index < -0.39 is 9.84 Å². The number of rotatable bonds is 2. The second kappa shape index (κ2) is 5.15. The van der Waals surface area contributed by atoms with E-state index in [1.165, 1.54) is 12.8 Å². The lowest BCUT2D eigenvalue weighted by Crippen LogP contribution is -2.38. The van der Waals surface area contributed by atoms with E-state index in [-0.39, 0.29) is 11.8 Å². The van der Waals surface area contributed by atoms with Crippen LogP contribution in [0.5, 0.6) is 0 Å². The summed E-state index contributed by atoms with van der Waals surface area (Å²) in [6, 6.07) is 8.18. The number of fused-ring (bicyclic) bond motifs is 1. The number of hydrogen-bond donors (Lipinski definition) is 1. The van der Waals surface area contributed by atoms with Crippen molar-refractivity contribution >= 4 is 9.84 Å². The van der Waals surface area contributed by atoms with Crippen LogP contribution < -0.4 is 5.32 Å². The summed E-state index contributed by atoms with van der Waals surface area (Å²) in [7, 11) is -3.07. The van der Waals surface area contributed by atoms with Crippen molar-refractivity contribution in [2.45, 2.75) is 50.1 Å². The third kappa shape index (κ3) is 2.40. The summed E-state index contributed by atoms with van der Waals surface area (Å²) in [6.45, 7) is 4.62. The van der Waals surface area contributed by atoms with Crippen LogP contribution in [0.1, 0.15) is 44.7 Å². The fraction of sp³-hybridized carbons (Fsp3) is 0.625. The highest BCUT2D eigenvalue weighted by Crippen LogP contribution is 2.36. The molecule has 3 nitrogen and oxygen atoms in total. The normalized spacial score (nSPS) is 35.7. The van der Waals surface area contributed by atoms with Crippen molar-refractivity contribution in [2.75, 3.05) is 5.75 Å². The largest absolute Gasteiger partial charge is 0.307 e. The van der Waals surface area contributed by atoms with E-state index >= 15 is 0 Å². The summed E-state index contributed by atoms with van der Waals surface area (Å²) in [5.74, 6) is 1.69. The average molecular weight is 293 g/mol. The first-order valence-corrected chi connectivity index (χ1v) is 9.22. The van der Waals surface area contributed by atoms with Crippen molar-refractivity contribution in [3.8, 4) is 0 Å². The van der Waals surface area contributed by atoms with Gasteiger partial charge in [0.1, 0.15) is 0 Å². The van der Waals surface area contributed by atoms with Crippen LogP contribution in [0.15, 0.2) is 29.2 Å². The molecule has 4 atom stereocenters. The van der Waals surface area contributed by atoms with E-state index in [4.69, 9.17) is 0 Å². The summed E-state index contributed by atoms with van der Waals surface area (Å²) in [5.41, 5.74) is 0.963. The minimum Gasteiger partial charge on any atom is -0.307 e. The number of nitrogens with one attached hydrogen (secondary N) is 1. The smallest absolute Gasteiger partial charge is 0.178 e. The standard InChI is InChI=1S/C16H23NO2S/c1-11-7-8-14(12(11)2)17-15-9-10-20(18,19)16-6-4-3-5-13(15)16/h3-6,11-12,14-15,17H,7-10H2,1-2H3. The maximum atomic E-state index is 12.1. The lowest BCUT2D eigenvalue weighted by molar-refractivity contribution is 0.331. The molecule has 1 fully saturated rings. The SMILES string of the molecule is CC1CCC(NC2CCS(=O)(=O)c3ccccc32)C1C. The van der Waals surface area contributed by atoms with E-state index in [1.54, 1.807) is 6.07 Å². The van der Waals surface area contributed by atoms with Crippen LogP contribution in [0.4, 0.5) is 0 Å². The highest BCUT2D eigenvalue weighted by Gasteiger charge is 2.35. The third-order valence-electron chi connectivity index (χ3n) is 5.19. The lowest BCUT2D eigenvalue weighted by atomic mass is 9.95. The Morgan fingerprint density at radius 1 is 1.10 bits per heavy atom. The first-order chi connectivity index (χ1) is 9.49. The molecule has 1 aliphatic carbocycles. The first kappa shape index (κ1) is 14.1. The Morgan fingerprint density at radius 2 is 1.85 bits per heavy atom. The monoisotopic (exact) mass is 293 g/mol. The molecule has 1 aromatic rings. The predicted octanol–water partition coefficient (Wildman–Crippen LogP) is 2.93. The maximum absolute atomic E-state index is 12.1. The van der Waals surface area contributed by atoms with E-state index in [1.807, 2.05) is 18.2 Å². The minimum atomic E-state index is -3.07. The van der Waals surface area contributed by atoms with Crippen LogP contribution >= 0.6 is 0 Å². The van der Waals surface area contributed by atoms with Gasteiger partial charge in [0.05, 0.1) is 10.6 Å². The van der Waals surface area contributed by atoms with Crippen LogP contribution in [-0.2, 0) is 9.84 Å². The molecule has 0 amide bonds. The van der Waals surface area contributed by atoms with Crippen LogP contribution in [0.3, 0.4) is 0 Å². The van der Waals surface area contributed by atoms with Gasteiger partial charge in [-0.25, -0.2) is 8.42 Å². The molecule has 1 aliphatic heterocycles. The Morgan fingerprint density at radius 3 is 2.55 bits per heavy atom. The molecule has 0 radical (unpaired) electrons. The van der Waals surface area contributed by atoms with Gasteiger partial charge in [-0.15, -0.1) is 0 Å². The van der Waals surface area contributed by atoms with Crippen LogP contribution in [0.2, 0.25) is 0 Å². The topological polar surface area (TPSA) is 46.2 Å². The molecule has 0 aromatic heterocycles. The van der Waals surface area contributed by atoms with Gasteiger partial charge in [0.25, 0.3) is 0 Å². The Bertz CT molecular complexity index is 596. The first-order valence-electron chi connectivity index (χ1n) is 7.57. The molecule has 0 saturated heterocycles. The van der Waals surface area contributed by atoms with Crippen LogP contribution in [-0.4, -0.2) is 20.2 Å². The molecule has 4 unspecified atom stereocenters. The van der Waals surface area contributed by atoms with E-state index in [9.17, 15) is 8.42 Å². The molecule has 0 bridgehead atoms. The fourth-order valence-electron chi connectivity index (χ4n) is 3.62. The van der Waals surface area contributed by atoms with Gasteiger partial charge in [0.15, 0.2) is 9.84 Å². The Labute approximate surface area is 121 Å². The van der Waals surface area contributed by atoms with Crippen molar-refractivity contribution in [1.29, 1.82) is 0 Å². The third-order valence-corrected chi connectivity index (χ3v) is 7.00. The molecule has 4 heteroatoms. The quantitative estimate of drug-likeness (QED) is 0.912. The summed E-state index contributed by atoms with van der Waals surface area (Å²) < 4.78 is 24.3. The fourth-order valence-corrected chi connectivity index (χ4v) is 5.24. The number of hydrogen-bond acceptors (Lipinski definition) is 3. The van der Waals surface area contributed by atoms with Gasteiger partial charge in [-0.3, -0.25) is 0 Å². The van der Waals surface area contributed by atoms with Crippen LogP contribution in [0, 0.1) is 11.8 Å². The highest BCUT2D eigenvalue weighted by atomic mass is 32.2. The van der Waals surface area contributed by atoms with Crippen LogP contribution in [0.25, 0.3) is 0 Å². The number of benzene rings is 1. The van der Waals surface area contributed by atoms with Crippen molar-refractivity contribution in [3.63, 3.8) is 0 Å². The molecule has 1 aromatic carbocycles. The summed E-state index contributed by atoms with van der Waals surface area (Å²) >= 11 is 0. The van der Waals surface area contributed by atoms with Gasteiger partial charge >= 0.3 is 0 Å². The molecule has 2 aliphatic rings. The van der Waals surface area contributed by atoms with Crippen molar-refractivity contribution in [1.82, 2.24) is 5.32 Å². The van der Waals surface area contributed by atoms with E-state index in [2.05, 4.69) is 19.2 Å². The Kier molecular flexibility index (Phi) is 3.63. The molecular weight excluding hydrogens is 270 g/mol. The lowest BCUT2D eigenvalue weighted by Gasteiger charge is -2.31. The van der Waals surface area contributed by atoms with Gasteiger partial charge in [-0.1, -0.05) is 32.0 Å². The zero-order chi connectivity index (χ0) is 14.3. The summed E-state index contributed by atoms with van der Waals surface area (Å²) in [5, 5.41) is 3.73. The minimum absolute atomic E-state index is 0.187. The molecule has 3 rings (SSSR count). The van der Waals surface area contributed by atoms with E-state index in [0.717, 1.165) is 11.5 Å². The molecule has 1 saturated carbocycles. The molecule has 20 heavy (non-hydrogen) atoms. The van der Waals surface area contributed by atoms with Crippen molar-refractivity contribution in [2.24, 2.45) is 11.8 Å². The molecular formula is C16H23NO2S. The second-order valence-electron chi connectivity index (χ2n) is 6.38. The van der Waals surface area contributed by atoms with Gasteiger partial charge in [0.2, 0.25) is 0 Å². The zero-order valence-electron chi connectivity index (χ0n) is 12.2. The molecule has 1 heterocycles. The predicted molar refractivity (Wildman–Crippen MR) is 80.3 cm³/mol. The maximum Gasteiger partial charge on any atom is 0.178 e. The second-order valence-corrected chi connectivity index (χ2v) is 8.46. The van der Waals surface area contributed by atoms with Gasteiger partial charge < -0.3 is 5.32 Å².